The summed E-state index contributed by atoms with van der Waals surface area (Å²) in [5, 5.41) is 0.634. The molecule has 142 valence electrons. The maximum atomic E-state index is 12.7. The molecule has 7 heteroatoms. The molecule has 3 rings (SSSR count). The Labute approximate surface area is 173 Å². The lowest BCUT2D eigenvalue weighted by molar-refractivity contribution is 0.0535. The predicted octanol–water partition coefficient (Wildman–Crippen LogP) is 4.45. The van der Waals surface area contributed by atoms with E-state index in [2.05, 4.69) is 6.26 Å². The quantitative estimate of drug-likeness (QED) is 0.730. The van der Waals surface area contributed by atoms with Crippen LogP contribution >= 0.6 is 35.0 Å². The zero-order chi connectivity index (χ0) is 19.4. The van der Waals surface area contributed by atoms with Crippen molar-refractivity contribution >= 4 is 46.8 Å². The molecule has 1 fully saturated rings. The first-order chi connectivity index (χ1) is 13.0. The SMILES string of the molecule is CSCc1ccc(C(=O)N2CCN(C(=O)c3cccc(Cl)c3Cl)CC2)cc1. The molecular formula is C20H20Cl2N2O2S. The van der Waals surface area contributed by atoms with Gasteiger partial charge in [-0.3, -0.25) is 9.59 Å². The number of carbonyl (C=O) groups excluding carboxylic acids is 2. The summed E-state index contributed by atoms with van der Waals surface area (Å²) in [6, 6.07) is 12.8. The minimum atomic E-state index is -0.156. The molecule has 0 N–H and O–H groups in total. The van der Waals surface area contributed by atoms with E-state index in [0.29, 0.717) is 42.3 Å². The number of nitrogens with zero attached hydrogens (tertiary/aromatic N) is 2. The first-order valence-electron chi connectivity index (χ1n) is 8.61. The van der Waals surface area contributed by atoms with E-state index in [1.165, 1.54) is 5.56 Å². The summed E-state index contributed by atoms with van der Waals surface area (Å²) in [6.45, 7) is 1.93. The Bertz CT molecular complexity index is 834. The van der Waals surface area contributed by atoms with Crippen LogP contribution in [0.3, 0.4) is 0 Å². The zero-order valence-electron chi connectivity index (χ0n) is 15.0. The molecule has 1 aliphatic heterocycles. The summed E-state index contributed by atoms with van der Waals surface area (Å²) in [4.78, 5) is 28.9. The normalized spacial score (nSPS) is 14.3. The minimum Gasteiger partial charge on any atom is -0.335 e. The Morgan fingerprint density at radius 3 is 2.11 bits per heavy atom. The van der Waals surface area contributed by atoms with E-state index in [-0.39, 0.29) is 16.8 Å². The summed E-state index contributed by atoms with van der Waals surface area (Å²) < 4.78 is 0. The van der Waals surface area contributed by atoms with Crippen LogP contribution in [0.1, 0.15) is 26.3 Å². The van der Waals surface area contributed by atoms with E-state index < -0.39 is 0 Å². The summed E-state index contributed by atoms with van der Waals surface area (Å²) in [6.07, 6.45) is 2.05. The highest BCUT2D eigenvalue weighted by Gasteiger charge is 2.26. The van der Waals surface area contributed by atoms with Crippen LogP contribution in [0.15, 0.2) is 42.5 Å². The summed E-state index contributed by atoms with van der Waals surface area (Å²) in [5.41, 5.74) is 2.28. The molecule has 0 unspecified atom stereocenters. The van der Waals surface area contributed by atoms with E-state index in [1.54, 1.807) is 39.8 Å². The van der Waals surface area contributed by atoms with Gasteiger partial charge in [0.05, 0.1) is 15.6 Å². The van der Waals surface area contributed by atoms with Crippen LogP contribution in [0.25, 0.3) is 0 Å². The molecule has 2 amide bonds. The number of halogens is 2. The topological polar surface area (TPSA) is 40.6 Å². The van der Waals surface area contributed by atoms with Crippen molar-refractivity contribution in [3.63, 3.8) is 0 Å². The molecule has 2 aromatic carbocycles. The summed E-state index contributed by atoms with van der Waals surface area (Å²) in [5.74, 6) is 0.774. The lowest BCUT2D eigenvalue weighted by atomic mass is 10.1. The number of piperazine rings is 1. The molecule has 0 bridgehead atoms. The van der Waals surface area contributed by atoms with Gasteiger partial charge < -0.3 is 9.80 Å². The van der Waals surface area contributed by atoms with Crippen LogP contribution in [-0.4, -0.2) is 54.0 Å². The third kappa shape index (κ3) is 4.60. The van der Waals surface area contributed by atoms with Crippen molar-refractivity contribution in [2.75, 3.05) is 32.4 Å². The van der Waals surface area contributed by atoms with E-state index in [1.807, 2.05) is 24.3 Å². The molecule has 1 heterocycles. The van der Waals surface area contributed by atoms with Crippen LogP contribution in [0.4, 0.5) is 0 Å². The highest BCUT2D eigenvalue weighted by molar-refractivity contribution is 7.97. The molecule has 0 saturated carbocycles. The highest BCUT2D eigenvalue weighted by atomic mass is 35.5. The van der Waals surface area contributed by atoms with Gasteiger partial charge in [-0.1, -0.05) is 41.4 Å². The molecule has 2 aromatic rings. The highest BCUT2D eigenvalue weighted by Crippen LogP contribution is 2.27. The van der Waals surface area contributed by atoms with Gasteiger partial charge in [0.15, 0.2) is 0 Å². The Hall–Kier alpha value is -1.69. The fraction of sp³-hybridized carbons (Fsp3) is 0.300. The zero-order valence-corrected chi connectivity index (χ0v) is 17.3. The molecule has 0 aliphatic carbocycles. The van der Waals surface area contributed by atoms with Crippen LogP contribution in [0, 0.1) is 0 Å². The predicted molar refractivity (Wildman–Crippen MR) is 112 cm³/mol. The first-order valence-corrected chi connectivity index (χ1v) is 10.8. The van der Waals surface area contributed by atoms with Gasteiger partial charge in [0, 0.05) is 37.5 Å². The smallest absolute Gasteiger partial charge is 0.255 e. The average molecular weight is 423 g/mol. The summed E-state index contributed by atoms with van der Waals surface area (Å²) in [7, 11) is 0. The van der Waals surface area contributed by atoms with Gasteiger partial charge in [0.25, 0.3) is 11.8 Å². The van der Waals surface area contributed by atoms with Gasteiger partial charge >= 0.3 is 0 Å². The maximum absolute atomic E-state index is 12.7. The minimum absolute atomic E-state index is 0.00131. The van der Waals surface area contributed by atoms with Gasteiger partial charge in [0.2, 0.25) is 0 Å². The fourth-order valence-electron chi connectivity index (χ4n) is 3.04. The van der Waals surface area contributed by atoms with E-state index in [9.17, 15) is 9.59 Å². The van der Waals surface area contributed by atoms with Crippen LogP contribution in [0.5, 0.6) is 0 Å². The number of rotatable bonds is 4. The van der Waals surface area contributed by atoms with Crippen molar-refractivity contribution < 1.29 is 9.59 Å². The van der Waals surface area contributed by atoms with Crippen molar-refractivity contribution in [3.05, 3.63) is 69.2 Å². The van der Waals surface area contributed by atoms with Crippen LogP contribution in [0.2, 0.25) is 10.0 Å². The Balaban J connectivity index is 1.62. The number of amides is 2. The first kappa shape index (κ1) is 20.1. The molecule has 0 atom stereocenters. The van der Waals surface area contributed by atoms with Crippen molar-refractivity contribution in [2.45, 2.75) is 5.75 Å². The standard InChI is InChI=1S/C20H20Cl2N2O2S/c1-27-13-14-5-7-15(8-6-14)19(25)23-9-11-24(12-10-23)20(26)16-3-2-4-17(21)18(16)22/h2-8H,9-13H2,1H3. The molecule has 4 nitrogen and oxygen atoms in total. The largest absolute Gasteiger partial charge is 0.335 e. The second-order valence-corrected chi connectivity index (χ2v) is 7.97. The molecule has 1 saturated heterocycles. The Morgan fingerprint density at radius 2 is 1.52 bits per heavy atom. The van der Waals surface area contributed by atoms with Crippen molar-refractivity contribution in [3.8, 4) is 0 Å². The Morgan fingerprint density at radius 1 is 0.926 bits per heavy atom. The van der Waals surface area contributed by atoms with Gasteiger partial charge in [-0.25, -0.2) is 0 Å². The molecule has 0 spiro atoms. The van der Waals surface area contributed by atoms with E-state index in [0.717, 1.165) is 5.75 Å². The van der Waals surface area contributed by atoms with Crippen molar-refractivity contribution in [2.24, 2.45) is 0 Å². The van der Waals surface area contributed by atoms with Gasteiger partial charge in [-0.15, -0.1) is 0 Å². The second kappa shape index (κ2) is 9.00. The number of hydrogen-bond acceptors (Lipinski definition) is 3. The van der Waals surface area contributed by atoms with Gasteiger partial charge in [0.1, 0.15) is 0 Å². The number of hydrogen-bond donors (Lipinski definition) is 0. The molecule has 0 radical (unpaired) electrons. The molecule has 27 heavy (non-hydrogen) atoms. The maximum Gasteiger partial charge on any atom is 0.255 e. The third-order valence-electron chi connectivity index (χ3n) is 4.55. The van der Waals surface area contributed by atoms with E-state index in [4.69, 9.17) is 23.2 Å². The van der Waals surface area contributed by atoms with Crippen LogP contribution < -0.4 is 0 Å². The summed E-state index contributed by atoms with van der Waals surface area (Å²) >= 11 is 13.9. The monoisotopic (exact) mass is 422 g/mol. The number of benzene rings is 2. The lowest BCUT2D eigenvalue weighted by Crippen LogP contribution is -2.50. The van der Waals surface area contributed by atoms with Crippen LogP contribution in [-0.2, 0) is 5.75 Å². The number of thioether (sulfide) groups is 1. The average Bonchev–Trinajstić information content (AvgIpc) is 2.70. The van der Waals surface area contributed by atoms with Gasteiger partial charge in [-0.05, 0) is 36.1 Å². The van der Waals surface area contributed by atoms with E-state index >= 15 is 0 Å². The third-order valence-corrected chi connectivity index (χ3v) is 5.99. The van der Waals surface area contributed by atoms with Gasteiger partial charge in [-0.2, -0.15) is 11.8 Å². The van der Waals surface area contributed by atoms with Crippen molar-refractivity contribution in [1.29, 1.82) is 0 Å². The molecule has 1 aliphatic rings. The van der Waals surface area contributed by atoms with Crippen molar-refractivity contribution in [1.82, 2.24) is 9.80 Å². The molecular weight excluding hydrogens is 403 g/mol. The second-order valence-electron chi connectivity index (χ2n) is 6.32. The fourth-order valence-corrected chi connectivity index (χ4v) is 3.95. The number of carbonyl (C=O) groups is 2. The lowest BCUT2D eigenvalue weighted by Gasteiger charge is -2.35. The Kier molecular flexibility index (Phi) is 6.68. The molecule has 0 aromatic heterocycles.